The summed E-state index contributed by atoms with van der Waals surface area (Å²) in [4.78, 5) is 12.1. The van der Waals surface area contributed by atoms with E-state index < -0.39 is 22.0 Å². The number of rotatable bonds is 7. The fourth-order valence-corrected chi connectivity index (χ4v) is 3.57. The standard InChI is InChI=1S/C17H18BrNO5S/c1-3-24-14-8-10-15(11-9-14)25(21,22)19-16(17(20)23-2)12-4-6-13(18)7-5-12/h4-11,16,19H,3H2,1-2H3/t16-/m1/s1. The minimum Gasteiger partial charge on any atom is -0.494 e. The second-order valence-electron chi connectivity index (χ2n) is 5.03. The van der Waals surface area contributed by atoms with E-state index in [1.54, 1.807) is 36.4 Å². The molecule has 0 spiro atoms. The fraction of sp³-hybridized carbons (Fsp3) is 0.235. The molecule has 0 aromatic heterocycles. The summed E-state index contributed by atoms with van der Waals surface area (Å²) in [5.41, 5.74) is 0.476. The Kier molecular flexibility index (Phi) is 6.57. The molecule has 0 saturated heterocycles. The van der Waals surface area contributed by atoms with Gasteiger partial charge in [-0.15, -0.1) is 0 Å². The molecule has 0 heterocycles. The Balaban J connectivity index is 2.30. The number of ether oxygens (including phenoxy) is 2. The maximum absolute atomic E-state index is 12.6. The average molecular weight is 428 g/mol. The van der Waals surface area contributed by atoms with Gasteiger partial charge in [-0.3, -0.25) is 0 Å². The van der Waals surface area contributed by atoms with Gasteiger partial charge < -0.3 is 9.47 Å². The average Bonchev–Trinajstić information content (AvgIpc) is 2.61. The van der Waals surface area contributed by atoms with Gasteiger partial charge in [0.2, 0.25) is 10.0 Å². The highest BCUT2D eigenvalue weighted by Crippen LogP contribution is 2.22. The van der Waals surface area contributed by atoms with Crippen molar-refractivity contribution in [2.75, 3.05) is 13.7 Å². The van der Waals surface area contributed by atoms with Gasteiger partial charge in [0.15, 0.2) is 0 Å². The largest absolute Gasteiger partial charge is 0.494 e. The van der Waals surface area contributed by atoms with Crippen LogP contribution in [0.1, 0.15) is 18.5 Å². The van der Waals surface area contributed by atoms with Crippen molar-refractivity contribution in [2.45, 2.75) is 17.9 Å². The number of carbonyl (C=O) groups excluding carboxylic acids is 1. The number of hydrogen-bond donors (Lipinski definition) is 1. The van der Waals surface area contributed by atoms with Gasteiger partial charge in [-0.25, -0.2) is 13.2 Å². The second kappa shape index (κ2) is 8.46. The zero-order valence-electron chi connectivity index (χ0n) is 13.7. The van der Waals surface area contributed by atoms with Crippen molar-refractivity contribution in [1.29, 1.82) is 0 Å². The number of methoxy groups -OCH3 is 1. The number of hydrogen-bond acceptors (Lipinski definition) is 5. The summed E-state index contributed by atoms with van der Waals surface area (Å²) in [7, 11) is -2.71. The predicted octanol–water partition coefficient (Wildman–Crippen LogP) is 3.04. The van der Waals surface area contributed by atoms with Crippen molar-refractivity contribution in [2.24, 2.45) is 0 Å². The molecule has 134 valence electrons. The van der Waals surface area contributed by atoms with Crippen LogP contribution in [-0.4, -0.2) is 28.1 Å². The van der Waals surface area contributed by atoms with E-state index in [0.29, 0.717) is 17.9 Å². The van der Waals surface area contributed by atoms with E-state index in [0.717, 1.165) is 4.47 Å². The monoisotopic (exact) mass is 427 g/mol. The lowest BCUT2D eigenvalue weighted by Crippen LogP contribution is -2.34. The first-order valence-electron chi connectivity index (χ1n) is 7.46. The highest BCUT2D eigenvalue weighted by Gasteiger charge is 2.28. The van der Waals surface area contributed by atoms with Crippen LogP contribution in [0.25, 0.3) is 0 Å². The van der Waals surface area contributed by atoms with Gasteiger partial charge in [0.25, 0.3) is 0 Å². The Morgan fingerprint density at radius 1 is 1.12 bits per heavy atom. The zero-order chi connectivity index (χ0) is 18.4. The van der Waals surface area contributed by atoms with Crippen molar-refractivity contribution < 1.29 is 22.7 Å². The summed E-state index contributed by atoms with van der Waals surface area (Å²) >= 11 is 3.30. The number of halogens is 1. The van der Waals surface area contributed by atoms with Crippen LogP contribution in [0, 0.1) is 0 Å². The van der Waals surface area contributed by atoms with Gasteiger partial charge in [-0.2, -0.15) is 4.72 Å². The minimum atomic E-state index is -3.92. The number of benzene rings is 2. The highest BCUT2D eigenvalue weighted by atomic mass is 79.9. The van der Waals surface area contributed by atoms with E-state index in [-0.39, 0.29) is 4.90 Å². The smallest absolute Gasteiger partial charge is 0.328 e. The molecule has 0 unspecified atom stereocenters. The van der Waals surface area contributed by atoms with Crippen molar-refractivity contribution in [3.63, 3.8) is 0 Å². The van der Waals surface area contributed by atoms with E-state index in [1.165, 1.54) is 19.2 Å². The molecule has 0 fully saturated rings. The molecular formula is C17H18BrNO5S. The molecule has 1 atom stereocenters. The molecule has 0 aliphatic carbocycles. The molecule has 6 nitrogen and oxygen atoms in total. The first kappa shape index (κ1) is 19.4. The van der Waals surface area contributed by atoms with Crippen LogP contribution in [0.2, 0.25) is 0 Å². The summed E-state index contributed by atoms with van der Waals surface area (Å²) in [5.74, 6) is -0.129. The lowest BCUT2D eigenvalue weighted by molar-refractivity contribution is -0.142. The van der Waals surface area contributed by atoms with Gasteiger partial charge >= 0.3 is 5.97 Å². The van der Waals surface area contributed by atoms with Gasteiger partial charge in [0.1, 0.15) is 11.8 Å². The van der Waals surface area contributed by atoms with Gasteiger partial charge in [-0.05, 0) is 48.9 Å². The molecule has 25 heavy (non-hydrogen) atoms. The topological polar surface area (TPSA) is 81.7 Å². The van der Waals surface area contributed by atoms with Crippen LogP contribution in [0.4, 0.5) is 0 Å². The maximum atomic E-state index is 12.6. The van der Waals surface area contributed by atoms with Crippen molar-refractivity contribution in [3.8, 4) is 5.75 Å². The summed E-state index contributed by atoms with van der Waals surface area (Å²) in [6.45, 7) is 2.32. The number of sulfonamides is 1. The third-order valence-corrected chi connectivity index (χ3v) is 5.33. The Bertz CT molecular complexity index is 819. The highest BCUT2D eigenvalue weighted by molar-refractivity contribution is 9.10. The molecule has 0 bridgehead atoms. The van der Waals surface area contributed by atoms with Crippen LogP contribution in [-0.2, 0) is 19.6 Å². The van der Waals surface area contributed by atoms with Crippen molar-refractivity contribution in [3.05, 3.63) is 58.6 Å². The van der Waals surface area contributed by atoms with E-state index in [9.17, 15) is 13.2 Å². The molecule has 0 amide bonds. The third-order valence-electron chi connectivity index (χ3n) is 3.36. The van der Waals surface area contributed by atoms with Gasteiger partial charge in [0, 0.05) is 4.47 Å². The lowest BCUT2D eigenvalue weighted by Gasteiger charge is -2.17. The predicted molar refractivity (Wildman–Crippen MR) is 96.8 cm³/mol. The zero-order valence-corrected chi connectivity index (χ0v) is 16.1. The van der Waals surface area contributed by atoms with Crippen LogP contribution < -0.4 is 9.46 Å². The summed E-state index contributed by atoms with van der Waals surface area (Å²) in [6.07, 6.45) is 0. The first-order chi connectivity index (χ1) is 11.9. The molecule has 1 N–H and O–H groups in total. The normalized spacial score (nSPS) is 12.4. The van der Waals surface area contributed by atoms with Gasteiger partial charge in [0.05, 0.1) is 18.6 Å². The minimum absolute atomic E-state index is 0.0296. The molecule has 2 rings (SSSR count). The quantitative estimate of drug-likeness (QED) is 0.686. The Labute approximate surface area is 155 Å². The Hall–Kier alpha value is -1.90. The molecule has 8 heteroatoms. The SMILES string of the molecule is CCOc1ccc(S(=O)(=O)N[C@@H](C(=O)OC)c2ccc(Br)cc2)cc1. The third kappa shape index (κ3) is 5.04. The molecule has 0 aliphatic heterocycles. The van der Waals surface area contributed by atoms with Crippen molar-refractivity contribution >= 4 is 31.9 Å². The number of nitrogens with one attached hydrogen (secondary N) is 1. The molecule has 0 saturated carbocycles. The summed E-state index contributed by atoms with van der Waals surface area (Å²) < 4.78 is 38.4. The summed E-state index contributed by atoms with van der Waals surface area (Å²) in [5, 5.41) is 0. The van der Waals surface area contributed by atoms with Gasteiger partial charge in [-0.1, -0.05) is 28.1 Å². The Morgan fingerprint density at radius 2 is 1.72 bits per heavy atom. The molecule has 2 aromatic rings. The van der Waals surface area contributed by atoms with E-state index in [4.69, 9.17) is 9.47 Å². The summed E-state index contributed by atoms with van der Waals surface area (Å²) in [6, 6.07) is 11.5. The lowest BCUT2D eigenvalue weighted by atomic mass is 10.1. The molecule has 0 aliphatic rings. The Morgan fingerprint density at radius 3 is 2.24 bits per heavy atom. The second-order valence-corrected chi connectivity index (χ2v) is 7.66. The first-order valence-corrected chi connectivity index (χ1v) is 9.73. The van der Waals surface area contributed by atoms with E-state index >= 15 is 0 Å². The van der Waals surface area contributed by atoms with E-state index in [2.05, 4.69) is 20.7 Å². The number of carbonyl (C=O) groups is 1. The molecule has 0 radical (unpaired) electrons. The number of esters is 1. The van der Waals surface area contributed by atoms with Crippen molar-refractivity contribution in [1.82, 2.24) is 4.72 Å². The van der Waals surface area contributed by atoms with E-state index in [1.807, 2.05) is 6.92 Å². The maximum Gasteiger partial charge on any atom is 0.328 e. The molecule has 2 aromatic carbocycles. The van der Waals surface area contributed by atoms with Crippen LogP contribution >= 0.6 is 15.9 Å². The van der Waals surface area contributed by atoms with Crippen LogP contribution in [0.5, 0.6) is 5.75 Å². The van der Waals surface area contributed by atoms with Crippen LogP contribution in [0.15, 0.2) is 57.9 Å². The fourth-order valence-electron chi connectivity index (χ4n) is 2.13. The van der Waals surface area contributed by atoms with Crippen LogP contribution in [0.3, 0.4) is 0 Å². The molecular weight excluding hydrogens is 410 g/mol.